The minimum Gasteiger partial charge on any atom is -0.465 e. The molecule has 210 valence electrons. The average molecular weight is 554 g/mol. The fourth-order valence-electron chi connectivity index (χ4n) is 4.83. The summed E-state index contributed by atoms with van der Waals surface area (Å²) in [6.45, 7) is 1.20. The molecule has 9 heteroatoms. The summed E-state index contributed by atoms with van der Waals surface area (Å²) in [5.74, 6) is -0.693. The number of nitrogens with one attached hydrogen (secondary N) is 1. The summed E-state index contributed by atoms with van der Waals surface area (Å²) in [5, 5.41) is 16.5. The Kier molecular flexibility index (Phi) is 9.52. The molecular weight excluding hydrogens is 522 g/mol. The van der Waals surface area contributed by atoms with E-state index in [-0.39, 0.29) is 24.5 Å². The number of hydrogen-bond acceptors (Lipinski definition) is 8. The van der Waals surface area contributed by atoms with Gasteiger partial charge in [0.05, 0.1) is 39.2 Å². The highest BCUT2D eigenvalue weighted by Gasteiger charge is 2.49. The van der Waals surface area contributed by atoms with Crippen LogP contribution < -0.4 is 0 Å². The van der Waals surface area contributed by atoms with Crippen molar-refractivity contribution >= 4 is 5.97 Å². The van der Waals surface area contributed by atoms with Gasteiger partial charge in [-0.2, -0.15) is 10.4 Å². The predicted molar refractivity (Wildman–Crippen MR) is 148 cm³/mol. The van der Waals surface area contributed by atoms with Gasteiger partial charge in [-0.1, -0.05) is 91.0 Å². The second-order valence-electron chi connectivity index (χ2n) is 9.58. The molecule has 0 radical (unpaired) electrons. The van der Waals surface area contributed by atoms with Gasteiger partial charge in [0.2, 0.25) is 0 Å². The SMILES string of the molecule is COC(=O)c1c(C#N)n[nH]c1[C@@H]1O[C@H](COCc2ccccc2)[C@@H](OCc2ccccc2)[C@@H]1OCc1ccccc1. The minimum atomic E-state index is -0.812. The van der Waals surface area contributed by atoms with Crippen LogP contribution >= 0.6 is 0 Å². The van der Waals surface area contributed by atoms with Gasteiger partial charge in [-0.25, -0.2) is 4.79 Å². The first-order chi connectivity index (χ1) is 20.2. The third kappa shape index (κ3) is 6.88. The number of nitrogens with zero attached hydrogens (tertiary/aromatic N) is 2. The lowest BCUT2D eigenvalue weighted by Gasteiger charge is -2.25. The van der Waals surface area contributed by atoms with E-state index in [1.165, 1.54) is 7.11 Å². The molecule has 1 aliphatic rings. The Balaban J connectivity index is 1.45. The van der Waals surface area contributed by atoms with Gasteiger partial charge in [0.25, 0.3) is 0 Å². The molecule has 4 aromatic rings. The molecule has 0 amide bonds. The Bertz CT molecular complexity index is 1440. The summed E-state index contributed by atoms with van der Waals surface area (Å²) in [5.41, 5.74) is 3.22. The zero-order chi connectivity index (χ0) is 28.4. The summed E-state index contributed by atoms with van der Waals surface area (Å²) >= 11 is 0. The van der Waals surface area contributed by atoms with Crippen molar-refractivity contribution in [2.45, 2.75) is 44.2 Å². The van der Waals surface area contributed by atoms with Crippen LogP contribution in [-0.4, -0.2) is 48.2 Å². The third-order valence-corrected chi connectivity index (χ3v) is 6.85. The molecule has 1 fully saturated rings. The maximum absolute atomic E-state index is 12.7. The van der Waals surface area contributed by atoms with E-state index in [1.54, 1.807) is 0 Å². The van der Waals surface area contributed by atoms with Crippen molar-refractivity contribution in [1.29, 1.82) is 5.26 Å². The fourth-order valence-corrected chi connectivity index (χ4v) is 4.83. The molecule has 0 spiro atoms. The van der Waals surface area contributed by atoms with Crippen molar-refractivity contribution in [1.82, 2.24) is 10.2 Å². The van der Waals surface area contributed by atoms with Crippen LogP contribution in [0.15, 0.2) is 91.0 Å². The molecule has 0 unspecified atom stereocenters. The fraction of sp³-hybridized carbons (Fsp3) is 0.281. The molecule has 9 nitrogen and oxygen atoms in total. The Morgan fingerprint density at radius 1 is 0.854 bits per heavy atom. The number of aromatic amines is 1. The van der Waals surface area contributed by atoms with Gasteiger partial charge in [0.15, 0.2) is 5.69 Å². The maximum Gasteiger partial charge on any atom is 0.342 e. The van der Waals surface area contributed by atoms with Crippen LogP contribution in [-0.2, 0) is 43.5 Å². The van der Waals surface area contributed by atoms with E-state index in [4.69, 9.17) is 23.7 Å². The number of nitriles is 1. The Labute approximate surface area is 238 Å². The van der Waals surface area contributed by atoms with Crippen LogP contribution in [0.2, 0.25) is 0 Å². The van der Waals surface area contributed by atoms with Crippen molar-refractivity contribution in [2.24, 2.45) is 0 Å². The molecule has 2 heterocycles. The lowest BCUT2D eigenvalue weighted by atomic mass is 10.0. The summed E-state index contributed by atoms with van der Waals surface area (Å²) in [4.78, 5) is 12.7. The first-order valence-electron chi connectivity index (χ1n) is 13.3. The van der Waals surface area contributed by atoms with Crippen LogP contribution in [0.1, 0.15) is 44.5 Å². The smallest absolute Gasteiger partial charge is 0.342 e. The average Bonchev–Trinajstić information content (AvgIpc) is 3.61. The van der Waals surface area contributed by atoms with E-state index in [9.17, 15) is 10.1 Å². The Morgan fingerprint density at radius 3 is 1.93 bits per heavy atom. The molecule has 1 aromatic heterocycles. The minimum absolute atomic E-state index is 0.0148. The van der Waals surface area contributed by atoms with E-state index in [0.29, 0.717) is 18.9 Å². The number of benzene rings is 3. The van der Waals surface area contributed by atoms with Gasteiger partial charge in [0.1, 0.15) is 36.0 Å². The summed E-state index contributed by atoms with van der Waals surface area (Å²) in [7, 11) is 1.26. The normalized spacial score (nSPS) is 20.0. The van der Waals surface area contributed by atoms with Crippen molar-refractivity contribution < 1.29 is 28.5 Å². The molecule has 1 aliphatic heterocycles. The molecule has 0 saturated carbocycles. The van der Waals surface area contributed by atoms with E-state index >= 15 is 0 Å². The van der Waals surface area contributed by atoms with Crippen molar-refractivity contribution in [3.63, 3.8) is 0 Å². The van der Waals surface area contributed by atoms with Crippen LogP contribution in [0.5, 0.6) is 0 Å². The number of carbonyl (C=O) groups excluding carboxylic acids is 1. The Morgan fingerprint density at radius 2 is 1.39 bits per heavy atom. The number of ether oxygens (including phenoxy) is 5. The molecule has 1 saturated heterocycles. The predicted octanol–water partition coefficient (Wildman–Crippen LogP) is 4.90. The van der Waals surface area contributed by atoms with Gasteiger partial charge in [-0.05, 0) is 16.7 Å². The van der Waals surface area contributed by atoms with Gasteiger partial charge < -0.3 is 23.7 Å². The molecular formula is C32H31N3O6. The molecule has 3 aromatic carbocycles. The van der Waals surface area contributed by atoms with E-state index in [2.05, 4.69) is 10.2 Å². The number of carbonyl (C=O) groups is 1. The molecule has 5 rings (SSSR count). The summed E-state index contributed by atoms with van der Waals surface area (Å²) in [6.07, 6.45) is -2.60. The summed E-state index contributed by atoms with van der Waals surface area (Å²) in [6, 6.07) is 31.4. The molecule has 41 heavy (non-hydrogen) atoms. The third-order valence-electron chi connectivity index (χ3n) is 6.85. The molecule has 1 N–H and O–H groups in total. The number of methoxy groups -OCH3 is 1. The van der Waals surface area contributed by atoms with Crippen LogP contribution in [0.25, 0.3) is 0 Å². The topological polar surface area (TPSA) is 116 Å². The van der Waals surface area contributed by atoms with E-state index in [0.717, 1.165) is 16.7 Å². The lowest BCUT2D eigenvalue weighted by Crippen LogP contribution is -2.38. The van der Waals surface area contributed by atoms with E-state index < -0.39 is 30.4 Å². The van der Waals surface area contributed by atoms with Crippen molar-refractivity contribution in [3.8, 4) is 6.07 Å². The maximum atomic E-state index is 12.7. The molecule has 4 atom stereocenters. The number of rotatable bonds is 12. The van der Waals surface area contributed by atoms with Gasteiger partial charge in [-0.3, -0.25) is 5.10 Å². The van der Waals surface area contributed by atoms with Crippen LogP contribution in [0.3, 0.4) is 0 Å². The summed E-state index contributed by atoms with van der Waals surface area (Å²) < 4.78 is 30.5. The van der Waals surface area contributed by atoms with Crippen LogP contribution in [0.4, 0.5) is 0 Å². The first-order valence-corrected chi connectivity index (χ1v) is 13.3. The van der Waals surface area contributed by atoms with E-state index in [1.807, 2.05) is 97.1 Å². The number of hydrogen-bond donors (Lipinski definition) is 1. The van der Waals surface area contributed by atoms with Crippen LogP contribution in [0, 0.1) is 11.3 Å². The second-order valence-corrected chi connectivity index (χ2v) is 9.58. The number of aromatic nitrogens is 2. The monoisotopic (exact) mass is 553 g/mol. The standard InChI is InChI=1S/C32H31N3O6/c1-37-32(36)27-25(17-33)34-35-28(27)30-31(40-20-24-15-9-4-10-16-24)29(39-19-23-13-7-3-8-14-23)26(41-30)21-38-18-22-11-5-2-6-12-22/h2-16,26,29-31H,18-21H2,1H3,(H,34,35)/t26-,29-,30+,31+/m1/s1. The van der Waals surface area contributed by atoms with Gasteiger partial charge >= 0.3 is 5.97 Å². The number of H-pyrrole nitrogens is 1. The van der Waals surface area contributed by atoms with Gasteiger partial charge in [-0.15, -0.1) is 0 Å². The zero-order valence-electron chi connectivity index (χ0n) is 22.6. The zero-order valence-corrected chi connectivity index (χ0v) is 22.6. The largest absolute Gasteiger partial charge is 0.465 e. The van der Waals surface area contributed by atoms with Crippen molar-refractivity contribution in [2.75, 3.05) is 13.7 Å². The lowest BCUT2D eigenvalue weighted by molar-refractivity contribution is -0.0898. The van der Waals surface area contributed by atoms with Crippen molar-refractivity contribution in [3.05, 3.63) is 125 Å². The highest BCUT2D eigenvalue weighted by molar-refractivity contribution is 5.93. The van der Waals surface area contributed by atoms with Gasteiger partial charge in [0, 0.05) is 0 Å². The highest BCUT2D eigenvalue weighted by atomic mass is 16.6. The Hall–Kier alpha value is -4.33. The first kappa shape index (κ1) is 28.2. The quantitative estimate of drug-likeness (QED) is 0.247. The highest BCUT2D eigenvalue weighted by Crippen LogP contribution is 2.39. The number of esters is 1. The molecule has 0 bridgehead atoms. The second kappa shape index (κ2) is 13.8. The molecule has 0 aliphatic carbocycles.